The molecule has 0 radical (unpaired) electrons. The van der Waals surface area contributed by atoms with Gasteiger partial charge in [0, 0.05) is 20.6 Å². The van der Waals surface area contributed by atoms with Crippen molar-refractivity contribution >= 4 is 29.6 Å². The van der Waals surface area contributed by atoms with Crippen LogP contribution in [0.3, 0.4) is 0 Å². The number of carbonyl (C=O) groups excluding carboxylic acids is 1. The van der Waals surface area contributed by atoms with Gasteiger partial charge < -0.3 is 28.1 Å². The Bertz CT molecular complexity index is 151. The van der Waals surface area contributed by atoms with Gasteiger partial charge in [-0.1, -0.05) is 0 Å². The second kappa shape index (κ2) is 14.0. The summed E-state index contributed by atoms with van der Waals surface area (Å²) in [5, 5.41) is 0. The summed E-state index contributed by atoms with van der Waals surface area (Å²) in [5.74, 6) is 0. The number of ether oxygens (including phenoxy) is 2. The van der Waals surface area contributed by atoms with Crippen molar-refractivity contribution in [3.05, 3.63) is 13.8 Å². The van der Waals surface area contributed by atoms with Crippen molar-refractivity contribution in [2.24, 2.45) is 5.41 Å². The van der Waals surface area contributed by atoms with Gasteiger partial charge in [-0.25, -0.2) is 0 Å². The van der Waals surface area contributed by atoms with Crippen LogP contribution in [0.25, 0.3) is 0 Å². The summed E-state index contributed by atoms with van der Waals surface area (Å²) in [6, 6.07) is 0. The average molecular weight is 436 g/mol. The summed E-state index contributed by atoms with van der Waals surface area (Å²) in [4.78, 5) is 10.9. The molecule has 0 fully saturated rings. The number of hydrogen-bond donors (Lipinski definition) is 2. The van der Waals surface area contributed by atoms with E-state index in [2.05, 4.69) is 37.2 Å². The third kappa shape index (κ3) is 8.13. The molecule has 0 heterocycles. The van der Waals surface area contributed by atoms with E-state index in [-0.39, 0.29) is 27.4 Å². The normalized spacial score (nSPS) is 10.2. The average Bonchev–Trinajstić information content (AvgIpc) is 2.34. The maximum Gasteiger partial charge on any atom is 2.00 e. The largest absolute Gasteiger partial charge is 2.00 e. The zero-order valence-corrected chi connectivity index (χ0v) is 14.4. The predicted molar refractivity (Wildman–Crippen MR) is 68.8 cm³/mol. The van der Waals surface area contributed by atoms with E-state index in [1.807, 2.05) is 0 Å². The van der Waals surface area contributed by atoms with Crippen molar-refractivity contribution in [1.82, 2.24) is 0 Å². The molecule has 0 spiro atoms. The molecule has 0 N–H and O–H groups in total. The predicted octanol–water partition coefficient (Wildman–Crippen LogP) is 2.39. The molecule has 0 rings (SSSR count). The van der Waals surface area contributed by atoms with Crippen LogP contribution in [0.5, 0.6) is 0 Å². The fourth-order valence-electron chi connectivity index (χ4n) is 1.09. The smallest absolute Gasteiger partial charge is 0.356 e. The fourth-order valence-corrected chi connectivity index (χ4v) is 1.09. The van der Waals surface area contributed by atoms with E-state index >= 15 is 0 Å². The van der Waals surface area contributed by atoms with Crippen LogP contribution >= 0.6 is 23.3 Å². The van der Waals surface area contributed by atoms with Gasteiger partial charge in [-0.15, -0.1) is 23.3 Å². The van der Waals surface area contributed by atoms with E-state index in [9.17, 15) is 4.79 Å². The Labute approximate surface area is 124 Å². The summed E-state index contributed by atoms with van der Waals surface area (Å²) < 4.78 is 10.0. The van der Waals surface area contributed by atoms with Crippen LogP contribution in [-0.4, -0.2) is 26.8 Å². The first-order valence-electron chi connectivity index (χ1n) is 4.48. The molecule has 0 aromatic carbocycles. The Balaban J connectivity index is -0.000000529. The van der Waals surface area contributed by atoms with Crippen molar-refractivity contribution in [2.75, 3.05) is 14.2 Å². The Morgan fingerprint density at radius 1 is 1.25 bits per heavy atom. The molecule has 0 aromatic heterocycles. The molecule has 0 aliphatic carbocycles. The molecular formula is C10H20O3S2W. The number of aldehydes is 1. The Morgan fingerprint density at radius 2 is 1.62 bits per heavy atom. The third-order valence-corrected chi connectivity index (χ3v) is 2.34. The monoisotopic (exact) mass is 436 g/mol. The number of thiol groups is 2. The Morgan fingerprint density at radius 3 is 1.81 bits per heavy atom. The van der Waals surface area contributed by atoms with E-state index in [4.69, 9.17) is 9.47 Å². The molecule has 0 aliphatic heterocycles. The minimum Gasteiger partial charge on any atom is -0.356 e. The van der Waals surface area contributed by atoms with Crippen LogP contribution in [0.15, 0.2) is 0 Å². The van der Waals surface area contributed by atoms with Gasteiger partial charge >= 0.3 is 21.1 Å². The van der Waals surface area contributed by atoms with Gasteiger partial charge in [0.05, 0.1) is 0 Å². The maximum atomic E-state index is 10.9. The summed E-state index contributed by atoms with van der Waals surface area (Å²) in [7, 11) is 3.10. The van der Waals surface area contributed by atoms with Crippen molar-refractivity contribution in [3.8, 4) is 0 Å². The van der Waals surface area contributed by atoms with Gasteiger partial charge in [0.1, 0.15) is 6.29 Å². The topological polar surface area (TPSA) is 35.5 Å². The van der Waals surface area contributed by atoms with E-state index in [0.717, 1.165) is 6.29 Å². The molecule has 3 nitrogen and oxygen atoms in total. The zero-order chi connectivity index (χ0) is 12.3. The van der Waals surface area contributed by atoms with Crippen molar-refractivity contribution in [1.29, 1.82) is 0 Å². The number of hydrogen-bond acceptors (Lipinski definition) is 5. The summed E-state index contributed by atoms with van der Waals surface area (Å²) >= 11 is 6.44. The third-order valence-electron chi connectivity index (χ3n) is 2.34. The molecule has 0 saturated heterocycles. The van der Waals surface area contributed by atoms with Crippen LogP contribution in [0.4, 0.5) is 0 Å². The van der Waals surface area contributed by atoms with Crippen molar-refractivity contribution < 1.29 is 35.3 Å². The van der Waals surface area contributed by atoms with Gasteiger partial charge in [0.25, 0.3) is 0 Å². The minimum atomic E-state index is -0.503. The quantitative estimate of drug-likeness (QED) is 0.212. The molecule has 0 amide bonds. The van der Waals surface area contributed by atoms with Crippen LogP contribution in [0, 0.1) is 19.3 Å². The van der Waals surface area contributed by atoms with Crippen molar-refractivity contribution in [3.63, 3.8) is 0 Å². The summed E-state index contributed by atoms with van der Waals surface area (Å²) in [6.45, 7) is 7.48. The number of rotatable bonds is 7. The SMILES string of the molecule is SS.[CH2-]CC(C=O)(C[CH2-])CC(OC)OC.[W+2]. The van der Waals surface area contributed by atoms with Gasteiger partial charge in [-0.2, -0.15) is 12.8 Å². The summed E-state index contributed by atoms with van der Waals surface area (Å²) in [5.41, 5.74) is -0.503. The molecule has 0 unspecified atom stereocenters. The first-order valence-corrected chi connectivity index (χ1v) is 6.08. The molecule has 0 bridgehead atoms. The number of methoxy groups -OCH3 is 2. The molecule has 0 atom stereocenters. The van der Waals surface area contributed by atoms with Gasteiger partial charge in [-0.3, -0.25) is 0 Å². The maximum absolute atomic E-state index is 10.9. The van der Waals surface area contributed by atoms with Gasteiger partial charge in [-0.05, 0) is 5.41 Å². The first kappa shape index (κ1) is 22.2. The van der Waals surface area contributed by atoms with Gasteiger partial charge in [0.2, 0.25) is 0 Å². The Kier molecular flexibility index (Phi) is 19.5. The number of carbonyl (C=O) groups is 1. The van der Waals surface area contributed by atoms with Crippen LogP contribution in [-0.2, 0) is 35.3 Å². The molecular weight excluding hydrogens is 416 g/mol. The van der Waals surface area contributed by atoms with E-state index < -0.39 is 5.41 Å². The van der Waals surface area contributed by atoms with E-state index in [1.54, 1.807) is 14.2 Å². The van der Waals surface area contributed by atoms with Crippen molar-refractivity contribution in [2.45, 2.75) is 25.6 Å². The Hall–Kier alpha value is 0.978. The van der Waals surface area contributed by atoms with Crippen LogP contribution in [0.2, 0.25) is 0 Å². The standard InChI is InChI=1S/C10H18O3.H2S2.W/c1-5-10(6-2,8-11)7-9(12-3)13-4;1-2;/h8-9H,1-2,5-7H2,3-4H3;1-2H;/q-2;;+2. The molecule has 0 saturated carbocycles. The van der Waals surface area contributed by atoms with Gasteiger partial charge in [0.15, 0.2) is 6.29 Å². The summed E-state index contributed by atoms with van der Waals surface area (Å²) in [6.07, 6.45) is 2.09. The van der Waals surface area contributed by atoms with E-state index in [0.29, 0.717) is 19.3 Å². The first-order chi connectivity index (χ1) is 7.17. The zero-order valence-electron chi connectivity index (χ0n) is 9.72. The van der Waals surface area contributed by atoms with E-state index in [1.165, 1.54) is 0 Å². The molecule has 0 aromatic rings. The fraction of sp³-hybridized carbons (Fsp3) is 0.700. The molecule has 96 valence electrons. The minimum absolute atomic E-state index is 0. The molecule has 0 aliphatic rings. The second-order valence-electron chi connectivity index (χ2n) is 3.09. The van der Waals surface area contributed by atoms with Crippen LogP contribution < -0.4 is 0 Å². The molecule has 6 heteroatoms. The van der Waals surface area contributed by atoms with Crippen LogP contribution in [0.1, 0.15) is 19.3 Å². The molecule has 16 heavy (non-hydrogen) atoms. The second-order valence-corrected chi connectivity index (χ2v) is 3.09.